The zero-order valence-corrected chi connectivity index (χ0v) is 29.5. The fourth-order valence-electron chi connectivity index (χ4n) is 5.27. The number of carbonyl (C=O) groups excluding carboxylic acids is 2. The van der Waals surface area contributed by atoms with Gasteiger partial charge in [-0.1, -0.05) is 66.7 Å². The van der Waals surface area contributed by atoms with Gasteiger partial charge in [-0.25, -0.2) is 9.59 Å². The van der Waals surface area contributed by atoms with Crippen molar-refractivity contribution in [2.24, 2.45) is 0 Å². The number of amides is 1. The van der Waals surface area contributed by atoms with Gasteiger partial charge in [-0.05, 0) is 34.4 Å². The normalized spacial score (nSPS) is 12.0. The average molecular weight is 710 g/mol. The maximum atomic E-state index is 12.6. The Bertz CT molecular complexity index is 1360. The van der Waals surface area contributed by atoms with E-state index >= 15 is 0 Å². The SMILES string of the molecule is CN(CCOCCOCCOCCOCCOCCOCCOCCOC(=O)c1ccccc1)C(=O)OCC1c2ccccc2-c2ccccc21. The smallest absolute Gasteiger partial charge is 0.409 e. The lowest BCUT2D eigenvalue weighted by atomic mass is 9.98. The second-order valence-electron chi connectivity index (χ2n) is 11.5. The molecule has 51 heavy (non-hydrogen) atoms. The molecule has 0 saturated heterocycles. The fourth-order valence-corrected chi connectivity index (χ4v) is 5.27. The molecular formula is C39H51NO11. The molecule has 12 heteroatoms. The molecule has 0 saturated carbocycles. The van der Waals surface area contributed by atoms with E-state index in [1.54, 1.807) is 31.3 Å². The predicted molar refractivity (Wildman–Crippen MR) is 190 cm³/mol. The highest BCUT2D eigenvalue weighted by Crippen LogP contribution is 2.44. The Balaban J connectivity index is 0.847. The third-order valence-corrected chi connectivity index (χ3v) is 7.92. The standard InChI is InChI=1S/C39H51NO11/c1-40(39(42)51-31-37-35-13-7-5-11-33(35)34-12-6-8-14-36(34)37)15-16-43-17-18-44-19-20-45-21-22-46-23-24-47-25-26-48-27-28-49-29-30-50-38(41)32-9-3-2-4-10-32/h2-14,37H,15-31H2,1H3. The van der Waals surface area contributed by atoms with Crippen LogP contribution in [-0.2, 0) is 42.6 Å². The minimum absolute atomic E-state index is 0.0360. The lowest BCUT2D eigenvalue weighted by Crippen LogP contribution is -2.32. The zero-order valence-electron chi connectivity index (χ0n) is 29.5. The lowest BCUT2D eigenvalue weighted by molar-refractivity contribution is -0.0225. The van der Waals surface area contributed by atoms with Crippen LogP contribution < -0.4 is 0 Å². The number of nitrogens with zero attached hydrogens (tertiary/aromatic N) is 1. The molecule has 1 aliphatic carbocycles. The maximum Gasteiger partial charge on any atom is 0.409 e. The van der Waals surface area contributed by atoms with Gasteiger partial charge in [0.1, 0.15) is 13.2 Å². The number of hydrogen-bond donors (Lipinski definition) is 0. The van der Waals surface area contributed by atoms with Crippen LogP contribution in [-0.4, -0.2) is 136 Å². The van der Waals surface area contributed by atoms with Crippen LogP contribution in [0, 0.1) is 0 Å². The Kier molecular flexibility index (Phi) is 19.0. The Hall–Kier alpha value is -3.88. The number of hydrogen-bond acceptors (Lipinski definition) is 11. The van der Waals surface area contributed by atoms with Gasteiger partial charge in [0.05, 0.1) is 98.1 Å². The van der Waals surface area contributed by atoms with E-state index in [1.165, 1.54) is 27.2 Å². The minimum Gasteiger partial charge on any atom is -0.460 e. The summed E-state index contributed by atoms with van der Waals surface area (Å²) >= 11 is 0. The molecule has 0 heterocycles. The number of fused-ring (bicyclic) bond motifs is 3. The van der Waals surface area contributed by atoms with Gasteiger partial charge in [-0.3, -0.25) is 0 Å². The van der Waals surface area contributed by atoms with E-state index in [-0.39, 0.29) is 24.6 Å². The summed E-state index contributed by atoms with van der Waals surface area (Å²) < 4.78 is 49.3. The summed E-state index contributed by atoms with van der Waals surface area (Å²) in [4.78, 5) is 25.9. The van der Waals surface area contributed by atoms with E-state index in [4.69, 9.17) is 42.6 Å². The first-order valence-electron chi connectivity index (χ1n) is 17.5. The van der Waals surface area contributed by atoms with Gasteiger partial charge in [0, 0.05) is 19.5 Å². The van der Waals surface area contributed by atoms with Crippen LogP contribution in [0.5, 0.6) is 0 Å². The Morgan fingerprint density at radius 3 is 1.35 bits per heavy atom. The molecule has 0 aromatic heterocycles. The van der Waals surface area contributed by atoms with Crippen molar-refractivity contribution in [1.82, 2.24) is 4.90 Å². The number of benzene rings is 3. The minimum atomic E-state index is -0.368. The van der Waals surface area contributed by atoms with Gasteiger partial charge in [0.2, 0.25) is 0 Å². The summed E-state index contributed by atoms with van der Waals surface area (Å²) in [5.74, 6) is -0.324. The molecule has 4 rings (SSSR count). The topological polar surface area (TPSA) is 120 Å². The van der Waals surface area contributed by atoms with Crippen LogP contribution in [0.1, 0.15) is 27.4 Å². The van der Waals surface area contributed by atoms with E-state index in [2.05, 4.69) is 24.3 Å². The average Bonchev–Trinajstić information content (AvgIpc) is 3.49. The lowest BCUT2D eigenvalue weighted by Gasteiger charge is -2.19. The number of carbonyl (C=O) groups is 2. The quantitative estimate of drug-likeness (QED) is 0.0799. The summed E-state index contributed by atoms with van der Waals surface area (Å²) in [6.45, 7) is 7.05. The first kappa shape index (κ1) is 39.9. The van der Waals surface area contributed by atoms with Crippen LogP contribution in [0.3, 0.4) is 0 Å². The van der Waals surface area contributed by atoms with Crippen molar-refractivity contribution >= 4 is 12.1 Å². The Morgan fingerprint density at radius 1 is 0.490 bits per heavy atom. The van der Waals surface area contributed by atoms with Gasteiger partial charge >= 0.3 is 12.1 Å². The molecule has 3 aromatic rings. The van der Waals surface area contributed by atoms with E-state index in [0.29, 0.717) is 111 Å². The van der Waals surface area contributed by atoms with Crippen molar-refractivity contribution in [3.8, 4) is 11.1 Å². The van der Waals surface area contributed by atoms with Gasteiger partial charge in [0.25, 0.3) is 0 Å². The number of esters is 1. The maximum absolute atomic E-state index is 12.6. The van der Waals surface area contributed by atoms with E-state index < -0.39 is 0 Å². The van der Waals surface area contributed by atoms with E-state index in [9.17, 15) is 9.59 Å². The molecule has 0 radical (unpaired) electrons. The van der Waals surface area contributed by atoms with Crippen molar-refractivity contribution in [1.29, 1.82) is 0 Å². The van der Waals surface area contributed by atoms with Crippen molar-refractivity contribution in [3.63, 3.8) is 0 Å². The molecule has 278 valence electrons. The van der Waals surface area contributed by atoms with Gasteiger partial charge in [0.15, 0.2) is 0 Å². The van der Waals surface area contributed by atoms with Gasteiger partial charge < -0.3 is 47.5 Å². The van der Waals surface area contributed by atoms with Crippen LogP contribution in [0.25, 0.3) is 11.1 Å². The molecule has 12 nitrogen and oxygen atoms in total. The molecule has 3 aromatic carbocycles. The Labute approximate surface area is 300 Å². The highest BCUT2D eigenvalue weighted by atomic mass is 16.6. The largest absolute Gasteiger partial charge is 0.460 e. The highest BCUT2D eigenvalue weighted by Gasteiger charge is 2.29. The van der Waals surface area contributed by atoms with Gasteiger partial charge in [-0.15, -0.1) is 0 Å². The van der Waals surface area contributed by atoms with Crippen LogP contribution >= 0.6 is 0 Å². The second-order valence-corrected chi connectivity index (χ2v) is 11.5. The molecule has 0 unspecified atom stereocenters. The third kappa shape index (κ3) is 14.7. The molecule has 0 N–H and O–H groups in total. The summed E-state index contributed by atoms with van der Waals surface area (Å²) in [6, 6.07) is 25.4. The van der Waals surface area contributed by atoms with Gasteiger partial charge in [-0.2, -0.15) is 0 Å². The van der Waals surface area contributed by atoms with E-state index in [1.807, 2.05) is 30.3 Å². The first-order chi connectivity index (χ1) is 25.1. The molecule has 0 atom stereocenters. The Morgan fingerprint density at radius 2 is 0.882 bits per heavy atom. The van der Waals surface area contributed by atoms with Crippen molar-refractivity contribution in [2.75, 3.05) is 119 Å². The molecular weight excluding hydrogens is 658 g/mol. The third-order valence-electron chi connectivity index (χ3n) is 7.92. The first-order valence-corrected chi connectivity index (χ1v) is 17.5. The summed E-state index contributed by atoms with van der Waals surface area (Å²) in [7, 11) is 1.71. The zero-order chi connectivity index (χ0) is 35.8. The molecule has 0 bridgehead atoms. The highest BCUT2D eigenvalue weighted by molar-refractivity contribution is 5.89. The predicted octanol–water partition coefficient (Wildman–Crippen LogP) is 4.84. The molecule has 1 amide bonds. The number of likely N-dealkylation sites (N-methyl/N-ethyl adjacent to an activating group) is 1. The van der Waals surface area contributed by atoms with Crippen LogP contribution in [0.4, 0.5) is 4.79 Å². The molecule has 0 spiro atoms. The number of ether oxygens (including phenoxy) is 9. The molecule has 0 aliphatic heterocycles. The summed E-state index contributed by atoms with van der Waals surface area (Å²) in [5, 5.41) is 0. The van der Waals surface area contributed by atoms with Crippen molar-refractivity contribution in [2.45, 2.75) is 5.92 Å². The monoisotopic (exact) mass is 709 g/mol. The van der Waals surface area contributed by atoms with Crippen LogP contribution in [0.15, 0.2) is 78.9 Å². The van der Waals surface area contributed by atoms with Crippen molar-refractivity contribution < 1.29 is 52.2 Å². The second kappa shape index (κ2) is 24.3. The summed E-state index contributed by atoms with van der Waals surface area (Å²) in [5.41, 5.74) is 5.31. The molecule has 0 fully saturated rings. The van der Waals surface area contributed by atoms with Crippen molar-refractivity contribution in [3.05, 3.63) is 95.6 Å². The van der Waals surface area contributed by atoms with E-state index in [0.717, 1.165) is 0 Å². The fraction of sp³-hybridized carbons (Fsp3) is 0.487. The van der Waals surface area contributed by atoms with Crippen LogP contribution in [0.2, 0.25) is 0 Å². The number of rotatable bonds is 27. The molecule has 1 aliphatic rings. The summed E-state index contributed by atoms with van der Waals surface area (Å²) in [6.07, 6.45) is -0.368.